The van der Waals surface area contributed by atoms with Gasteiger partial charge in [0, 0.05) is 5.30 Å². The Morgan fingerprint density at radius 1 is 1.06 bits per heavy atom. The van der Waals surface area contributed by atoms with Gasteiger partial charge in [0.25, 0.3) is 0 Å². The van der Waals surface area contributed by atoms with Crippen LogP contribution >= 0.6 is 12.2 Å². The van der Waals surface area contributed by atoms with Gasteiger partial charge in [-0.05, 0) is 24.1 Å². The first-order chi connectivity index (χ1) is 15.1. The number of nitrogens with zero attached hydrogens (tertiary/aromatic N) is 1. The highest BCUT2D eigenvalue weighted by Crippen LogP contribution is 3.09. The molecule has 4 nitrogen and oxygen atoms in total. The molecule has 2 heterocycles. The predicted octanol–water partition coefficient (Wildman–Crippen LogP) is 4.27. The molecule has 0 aromatic heterocycles. The van der Waals surface area contributed by atoms with Gasteiger partial charge in [0.15, 0.2) is 5.08 Å². The quantitative estimate of drug-likeness (QED) is 0.524. The van der Waals surface area contributed by atoms with E-state index in [4.69, 9.17) is 29.3 Å². The van der Waals surface area contributed by atoms with E-state index in [1.807, 2.05) is 65.3 Å². The van der Waals surface area contributed by atoms with Crippen LogP contribution in [0.5, 0.6) is 0 Å². The second-order valence-electron chi connectivity index (χ2n) is 9.30. The molecule has 4 rings (SSSR count). The predicted molar refractivity (Wildman–Crippen MR) is 142 cm³/mol. The van der Waals surface area contributed by atoms with E-state index in [0.29, 0.717) is 12.8 Å². The van der Waals surface area contributed by atoms with E-state index in [1.165, 1.54) is 0 Å². The molecule has 2 aliphatic heterocycles. The second-order valence-corrected chi connectivity index (χ2v) is 18.7. The van der Waals surface area contributed by atoms with Crippen molar-refractivity contribution in [1.29, 1.82) is 0 Å². The molecule has 2 aliphatic rings. The Balaban J connectivity index is 1.94. The maximum atomic E-state index is 13.9. The first-order valence-electron chi connectivity index (χ1n) is 11.3. The summed E-state index contributed by atoms with van der Waals surface area (Å²) in [5, 5.41) is 12.2. The van der Waals surface area contributed by atoms with Crippen molar-refractivity contribution in [3.63, 3.8) is 0 Å². The van der Waals surface area contributed by atoms with Crippen molar-refractivity contribution in [2.45, 2.75) is 62.9 Å². The van der Waals surface area contributed by atoms with Crippen LogP contribution in [0.1, 0.15) is 46.5 Å². The molecule has 2 aromatic rings. The number of unbranched alkanes of at least 4 members (excludes halogenated alkanes) is 1. The zero-order chi connectivity index (χ0) is 23.4. The first kappa shape index (κ1) is 24.3. The third kappa shape index (κ3) is 2.84. The summed E-state index contributed by atoms with van der Waals surface area (Å²) in [4.78, 5) is 13.9. The lowest BCUT2D eigenvalue weighted by molar-refractivity contribution is -0.133. The fourth-order valence-corrected chi connectivity index (χ4v) is 23.5. The van der Waals surface area contributed by atoms with Gasteiger partial charge in [-0.1, -0.05) is 118 Å². The minimum Gasteiger partial charge on any atom is -0.374 e. The van der Waals surface area contributed by atoms with Crippen LogP contribution in [0.15, 0.2) is 60.7 Å². The smallest absolute Gasteiger partial charge is 0.244 e. The van der Waals surface area contributed by atoms with Gasteiger partial charge >= 0.3 is 0 Å². The van der Waals surface area contributed by atoms with Crippen LogP contribution in [0, 0.1) is 5.92 Å². The molecular weight excluding hydrogens is 474 g/mol. The number of carbonyl (C=O) groups excluding carboxylic acids is 1. The van der Waals surface area contributed by atoms with E-state index in [1.54, 1.807) is 0 Å². The number of amides is 1. The molecule has 0 saturated carbocycles. The van der Waals surface area contributed by atoms with Crippen LogP contribution in [-0.2, 0) is 28.4 Å². The molecule has 172 valence electrons. The van der Waals surface area contributed by atoms with Gasteiger partial charge in [0.2, 0.25) is 5.91 Å². The zero-order valence-electron chi connectivity index (χ0n) is 18.8. The van der Waals surface area contributed by atoms with Crippen molar-refractivity contribution in [2.24, 2.45) is 11.7 Å². The summed E-state index contributed by atoms with van der Waals surface area (Å²) in [5.41, 5.74) is 6.44. The van der Waals surface area contributed by atoms with Crippen molar-refractivity contribution in [1.82, 2.24) is 4.67 Å². The topological polar surface area (TPSA) is 66.6 Å². The minimum absolute atomic E-state index is 0.144. The van der Waals surface area contributed by atoms with Gasteiger partial charge in [0.05, 0.1) is 12.1 Å². The summed E-state index contributed by atoms with van der Waals surface area (Å²) in [5.74, 6) is 0.140. The highest BCUT2D eigenvalue weighted by atomic mass is 32.5. The lowest BCUT2D eigenvalue weighted by Gasteiger charge is -2.54. The summed E-state index contributed by atoms with van der Waals surface area (Å²) < 4.78 is 1.86. The molecule has 0 spiro atoms. The van der Waals surface area contributed by atoms with Crippen LogP contribution in [-0.4, -0.2) is 32.1 Å². The van der Waals surface area contributed by atoms with Crippen molar-refractivity contribution in [2.75, 3.05) is 0 Å². The third-order valence-electron chi connectivity index (χ3n) is 6.86. The molecule has 0 aliphatic carbocycles. The summed E-state index contributed by atoms with van der Waals surface area (Å²) in [6.45, 7) is 6.24. The van der Waals surface area contributed by atoms with Gasteiger partial charge in [0.1, 0.15) is 11.5 Å². The van der Waals surface area contributed by atoms with Crippen LogP contribution in [0.4, 0.5) is 0 Å². The molecule has 3 N–H and O–H groups in total. The summed E-state index contributed by atoms with van der Waals surface area (Å²) in [6, 6.07) is 16.3. The van der Waals surface area contributed by atoms with E-state index in [9.17, 15) is 9.90 Å². The van der Waals surface area contributed by atoms with E-state index in [-0.39, 0.29) is 11.8 Å². The Labute approximate surface area is 201 Å². The SMILES string of the molecule is CCCC[C@]12N(C(=O)[C@@H](N)CC(C)C)P(=S)(c3ccccc3)C1(O)P2(=S)c1ccccc1. The molecule has 0 bridgehead atoms. The first-order valence-corrected chi connectivity index (χ1v) is 16.8. The lowest BCUT2D eigenvalue weighted by atomic mass is 10.0. The summed E-state index contributed by atoms with van der Waals surface area (Å²) >= 11 is 12.8. The van der Waals surface area contributed by atoms with Gasteiger partial charge in [-0.3, -0.25) is 9.46 Å². The summed E-state index contributed by atoms with van der Waals surface area (Å²) in [7, 11) is 0. The van der Waals surface area contributed by atoms with Crippen molar-refractivity contribution in [3.8, 4) is 0 Å². The summed E-state index contributed by atoms with van der Waals surface area (Å²) in [6.07, 6.45) is 0.182. The molecule has 3 unspecified atom stereocenters. The number of rotatable bonds is 8. The fraction of sp³-hybridized carbons (Fsp3) is 0.458. The van der Waals surface area contributed by atoms with Crippen molar-refractivity contribution in [3.05, 3.63) is 60.7 Å². The Morgan fingerprint density at radius 2 is 1.59 bits per heavy atom. The molecule has 2 aromatic carbocycles. The number of carbonyl (C=O) groups is 1. The second kappa shape index (κ2) is 8.41. The largest absolute Gasteiger partial charge is 0.374 e. The van der Waals surface area contributed by atoms with Crippen LogP contribution < -0.4 is 16.3 Å². The van der Waals surface area contributed by atoms with E-state index < -0.39 is 28.6 Å². The van der Waals surface area contributed by atoms with Crippen LogP contribution in [0.2, 0.25) is 0 Å². The Morgan fingerprint density at radius 3 is 2.09 bits per heavy atom. The maximum absolute atomic E-state index is 13.9. The highest BCUT2D eigenvalue weighted by molar-refractivity contribution is 8.36. The molecule has 2 fully saturated rings. The van der Waals surface area contributed by atoms with Gasteiger partial charge in [-0.15, -0.1) is 0 Å². The zero-order valence-corrected chi connectivity index (χ0v) is 22.3. The maximum Gasteiger partial charge on any atom is 0.244 e. The van der Waals surface area contributed by atoms with E-state index in [2.05, 4.69) is 20.8 Å². The van der Waals surface area contributed by atoms with Crippen LogP contribution in [0.3, 0.4) is 0 Å². The highest BCUT2D eigenvalue weighted by Gasteiger charge is 2.99. The molecule has 2 saturated heterocycles. The lowest BCUT2D eigenvalue weighted by Crippen LogP contribution is -2.62. The van der Waals surface area contributed by atoms with Gasteiger partial charge in [-0.25, -0.2) is 0 Å². The number of hydrogen-bond acceptors (Lipinski definition) is 5. The Hall–Kier alpha value is -0.870. The number of aliphatic hydroxyl groups is 1. The molecule has 32 heavy (non-hydrogen) atoms. The molecule has 8 heteroatoms. The number of benzene rings is 2. The normalized spacial score (nSPS) is 34.0. The Kier molecular flexibility index (Phi) is 6.38. The fourth-order valence-electron chi connectivity index (χ4n) is 5.42. The van der Waals surface area contributed by atoms with E-state index in [0.717, 1.165) is 23.5 Å². The van der Waals surface area contributed by atoms with Gasteiger partial charge < -0.3 is 10.8 Å². The molecular formula is C24H32N2O2P2S2. The monoisotopic (exact) mass is 506 g/mol. The number of fused-ring (bicyclic) bond motifs is 1. The Bertz CT molecular complexity index is 1110. The standard InChI is InChI=1S/C24H32N2O2P2S2/c1-4-5-16-23-24(28,29(23,31)19-12-8-6-9-13-19)30(32,20-14-10-7-11-15-20)26(23)22(27)21(25)17-18(2)3/h6-15,18,21,28H,4-5,16-17,25H2,1-3H3/t21-,23+,24?,29?,30?/m0/s1. The number of hydrogen-bond donors (Lipinski definition) is 2. The molecule has 5 atom stereocenters. The van der Waals surface area contributed by atoms with E-state index >= 15 is 0 Å². The van der Waals surface area contributed by atoms with Crippen molar-refractivity contribution >= 4 is 52.4 Å². The van der Waals surface area contributed by atoms with Crippen LogP contribution in [0.25, 0.3) is 0 Å². The van der Waals surface area contributed by atoms with Crippen molar-refractivity contribution < 1.29 is 9.90 Å². The third-order valence-corrected chi connectivity index (χ3v) is 21.2. The van der Waals surface area contributed by atoms with Gasteiger partial charge in [-0.2, -0.15) is 0 Å². The molecule has 1 amide bonds. The average molecular weight is 507 g/mol. The minimum atomic E-state index is -2.89. The molecule has 0 radical (unpaired) electrons. The number of nitrogens with two attached hydrogens (primary N) is 1. The average Bonchev–Trinajstić information content (AvgIpc) is 3.19.